The summed E-state index contributed by atoms with van der Waals surface area (Å²) in [5, 5.41) is -0.510. The summed E-state index contributed by atoms with van der Waals surface area (Å²) in [6.07, 6.45) is -4.23. The number of ether oxygens (including phenoxy) is 1. The van der Waals surface area contributed by atoms with Crippen LogP contribution in [0.2, 0.25) is 5.02 Å². The van der Waals surface area contributed by atoms with E-state index in [1.165, 1.54) is 0 Å². The molecule has 0 radical (unpaired) electrons. The van der Waals surface area contributed by atoms with E-state index in [0.29, 0.717) is 0 Å². The number of hydrogen-bond acceptors (Lipinski definition) is 4. The highest BCUT2D eigenvalue weighted by molar-refractivity contribution is 8.13. The minimum atomic E-state index is -5.09. The second kappa shape index (κ2) is 4.27. The van der Waals surface area contributed by atoms with Crippen molar-refractivity contribution in [3.05, 3.63) is 17.3 Å². The van der Waals surface area contributed by atoms with E-state index in [2.05, 4.69) is 9.72 Å². The zero-order valence-corrected chi connectivity index (χ0v) is 9.45. The molecule has 0 unspecified atom stereocenters. The molecule has 0 bridgehead atoms. The number of halogens is 5. The van der Waals surface area contributed by atoms with Crippen LogP contribution in [-0.2, 0) is 9.05 Å². The van der Waals surface area contributed by atoms with Gasteiger partial charge < -0.3 is 4.74 Å². The maximum atomic E-state index is 11.9. The Hall–Kier alpha value is -0.730. The van der Waals surface area contributed by atoms with Crippen molar-refractivity contribution in [3.8, 4) is 5.88 Å². The van der Waals surface area contributed by atoms with Crippen LogP contribution in [0.3, 0.4) is 0 Å². The first kappa shape index (κ1) is 13.3. The normalized spacial score (nSPS) is 12.6. The van der Waals surface area contributed by atoms with Crippen LogP contribution in [0, 0.1) is 0 Å². The Bertz CT molecular complexity index is 502. The molecule has 0 amide bonds. The van der Waals surface area contributed by atoms with E-state index in [4.69, 9.17) is 22.3 Å². The Morgan fingerprint density at radius 3 is 2.38 bits per heavy atom. The lowest BCUT2D eigenvalue weighted by Gasteiger charge is -2.10. The molecule has 4 nitrogen and oxygen atoms in total. The first-order valence-electron chi connectivity index (χ1n) is 3.46. The van der Waals surface area contributed by atoms with Crippen LogP contribution in [-0.4, -0.2) is 19.8 Å². The highest BCUT2D eigenvalue weighted by Crippen LogP contribution is 2.34. The van der Waals surface area contributed by atoms with Gasteiger partial charge in [-0.3, -0.25) is 0 Å². The van der Waals surface area contributed by atoms with E-state index in [0.717, 1.165) is 12.3 Å². The van der Waals surface area contributed by atoms with E-state index in [1.807, 2.05) is 0 Å². The van der Waals surface area contributed by atoms with Crippen molar-refractivity contribution in [3.63, 3.8) is 0 Å². The average Bonchev–Trinajstić information content (AvgIpc) is 1.97. The molecule has 0 saturated carbocycles. The molecule has 0 aliphatic carbocycles. The molecular weight excluding hydrogens is 294 g/mol. The van der Waals surface area contributed by atoms with Crippen LogP contribution in [0.4, 0.5) is 13.2 Å². The van der Waals surface area contributed by atoms with Crippen molar-refractivity contribution in [2.75, 3.05) is 0 Å². The third-order valence-corrected chi connectivity index (χ3v) is 3.05. The molecule has 1 heterocycles. The minimum Gasteiger partial charge on any atom is -0.386 e. The molecule has 1 rings (SSSR count). The quantitative estimate of drug-likeness (QED) is 0.787. The van der Waals surface area contributed by atoms with Crippen molar-refractivity contribution < 1.29 is 26.3 Å². The molecule has 1 aromatic heterocycles. The number of aromatic nitrogens is 1. The Labute approximate surface area is 97.4 Å². The molecule has 16 heavy (non-hydrogen) atoms. The maximum Gasteiger partial charge on any atom is 0.574 e. The summed E-state index contributed by atoms with van der Waals surface area (Å²) in [5.74, 6) is -1.21. The van der Waals surface area contributed by atoms with Gasteiger partial charge in [0.2, 0.25) is 5.88 Å². The highest BCUT2D eigenvalue weighted by atomic mass is 35.7. The summed E-state index contributed by atoms with van der Waals surface area (Å²) < 4.78 is 61.0. The lowest BCUT2D eigenvalue weighted by molar-refractivity contribution is -0.277. The summed E-state index contributed by atoms with van der Waals surface area (Å²) in [6, 6.07) is 0.972. The summed E-state index contributed by atoms with van der Waals surface area (Å²) >= 11 is 5.39. The summed E-state index contributed by atoms with van der Waals surface area (Å²) in [5.41, 5.74) is 0. The van der Waals surface area contributed by atoms with Gasteiger partial charge in [0.05, 0.1) is 5.02 Å². The topological polar surface area (TPSA) is 56.3 Å². The summed E-state index contributed by atoms with van der Waals surface area (Å²) in [4.78, 5) is 2.08. The van der Waals surface area contributed by atoms with Gasteiger partial charge >= 0.3 is 6.36 Å². The van der Waals surface area contributed by atoms with Crippen LogP contribution in [0.1, 0.15) is 0 Å². The Kier molecular flexibility index (Phi) is 3.56. The number of nitrogens with zero attached hydrogens (tertiary/aromatic N) is 1. The van der Waals surface area contributed by atoms with Crippen molar-refractivity contribution in [2.24, 2.45) is 0 Å². The molecule has 0 spiro atoms. The zero-order valence-electron chi connectivity index (χ0n) is 7.12. The minimum absolute atomic E-state index is 0.510. The fourth-order valence-corrected chi connectivity index (χ4v) is 2.42. The van der Waals surface area contributed by atoms with E-state index in [9.17, 15) is 21.6 Å². The van der Waals surface area contributed by atoms with Crippen LogP contribution in [0.5, 0.6) is 5.88 Å². The van der Waals surface area contributed by atoms with Gasteiger partial charge in [-0.1, -0.05) is 11.6 Å². The second-order valence-corrected chi connectivity index (χ2v) is 5.32. The molecule has 0 atom stereocenters. The van der Waals surface area contributed by atoms with Gasteiger partial charge in [0, 0.05) is 16.9 Å². The average molecular weight is 296 g/mol. The number of rotatable bonds is 2. The largest absolute Gasteiger partial charge is 0.574 e. The first-order chi connectivity index (χ1) is 7.11. The van der Waals surface area contributed by atoms with Gasteiger partial charge in [-0.05, 0) is 6.07 Å². The van der Waals surface area contributed by atoms with Crippen LogP contribution in [0.25, 0.3) is 0 Å². The van der Waals surface area contributed by atoms with Gasteiger partial charge in [-0.25, -0.2) is 13.4 Å². The van der Waals surface area contributed by atoms with Crippen molar-refractivity contribution in [1.29, 1.82) is 0 Å². The lowest BCUT2D eigenvalue weighted by Crippen LogP contribution is -2.19. The van der Waals surface area contributed by atoms with E-state index < -0.39 is 31.2 Å². The van der Waals surface area contributed by atoms with Crippen molar-refractivity contribution in [1.82, 2.24) is 4.98 Å². The van der Waals surface area contributed by atoms with Crippen LogP contribution >= 0.6 is 22.3 Å². The standard InChI is InChI=1S/C6H2Cl2F3NO3S/c7-3-1-2-12-5(15-6(9,10)11)4(3)16(8,13)14/h1-2H. The summed E-state index contributed by atoms with van der Waals surface area (Å²) in [6.45, 7) is 0. The van der Waals surface area contributed by atoms with Gasteiger partial charge in [0.1, 0.15) is 0 Å². The smallest absolute Gasteiger partial charge is 0.386 e. The van der Waals surface area contributed by atoms with Crippen molar-refractivity contribution >= 4 is 31.3 Å². The molecule has 1 aromatic rings. The van der Waals surface area contributed by atoms with Gasteiger partial charge in [0.15, 0.2) is 4.90 Å². The lowest BCUT2D eigenvalue weighted by atomic mass is 10.5. The molecule has 0 saturated heterocycles. The van der Waals surface area contributed by atoms with Gasteiger partial charge in [-0.2, -0.15) is 0 Å². The van der Waals surface area contributed by atoms with Crippen molar-refractivity contribution in [2.45, 2.75) is 11.3 Å². The molecule has 90 valence electrons. The first-order valence-corrected chi connectivity index (χ1v) is 6.15. The van der Waals surface area contributed by atoms with E-state index in [1.54, 1.807) is 0 Å². The summed E-state index contributed by atoms with van der Waals surface area (Å²) in [7, 11) is 0.415. The Morgan fingerprint density at radius 1 is 1.38 bits per heavy atom. The predicted molar refractivity (Wildman–Crippen MR) is 49.0 cm³/mol. The van der Waals surface area contributed by atoms with Gasteiger partial charge in [0.25, 0.3) is 9.05 Å². The molecule has 0 fully saturated rings. The Balaban J connectivity index is 3.36. The third-order valence-electron chi connectivity index (χ3n) is 1.28. The number of hydrogen-bond donors (Lipinski definition) is 0. The van der Waals surface area contributed by atoms with E-state index in [-0.39, 0.29) is 0 Å². The molecular formula is C6H2Cl2F3NO3S. The van der Waals surface area contributed by atoms with Crippen LogP contribution < -0.4 is 4.74 Å². The third kappa shape index (κ3) is 3.39. The predicted octanol–water partition coefficient (Wildman–Crippen LogP) is 2.56. The second-order valence-electron chi connectivity index (χ2n) is 2.41. The Morgan fingerprint density at radius 2 is 1.94 bits per heavy atom. The maximum absolute atomic E-state index is 11.9. The molecule has 0 aliphatic heterocycles. The monoisotopic (exact) mass is 295 g/mol. The van der Waals surface area contributed by atoms with Gasteiger partial charge in [-0.15, -0.1) is 13.2 Å². The SMILES string of the molecule is O=S(=O)(Cl)c1c(Cl)ccnc1OC(F)(F)F. The van der Waals surface area contributed by atoms with Crippen LogP contribution in [0.15, 0.2) is 17.2 Å². The number of pyridine rings is 1. The number of alkyl halides is 3. The van der Waals surface area contributed by atoms with E-state index >= 15 is 0 Å². The zero-order chi connectivity index (χ0) is 12.6. The fraction of sp³-hybridized carbons (Fsp3) is 0.167. The molecule has 10 heteroatoms. The molecule has 0 N–H and O–H groups in total. The fourth-order valence-electron chi connectivity index (χ4n) is 0.810. The molecule has 0 aliphatic rings. The highest BCUT2D eigenvalue weighted by Gasteiger charge is 2.35. The molecule has 0 aromatic carbocycles.